The largest absolute Gasteiger partial charge is 0.317 e. The van der Waals surface area contributed by atoms with E-state index in [1.807, 2.05) is 0 Å². The normalized spacial score (nSPS) is 29.4. The van der Waals surface area contributed by atoms with E-state index in [-0.39, 0.29) is 0 Å². The highest BCUT2D eigenvalue weighted by atomic mass is 15.2. The van der Waals surface area contributed by atoms with Gasteiger partial charge in [-0.15, -0.1) is 0 Å². The first kappa shape index (κ1) is 52.3. The number of likely N-dealkylation sites (tertiary alicyclic amines) is 4. The lowest BCUT2D eigenvalue weighted by Crippen LogP contribution is -2.43. The molecule has 0 radical (unpaired) electrons. The lowest BCUT2D eigenvalue weighted by Gasteiger charge is -2.32. The van der Waals surface area contributed by atoms with Crippen molar-refractivity contribution >= 4 is 0 Å². The molecule has 8 nitrogen and oxygen atoms in total. The molecule has 0 aromatic carbocycles. The number of rotatable bonds is 12. The van der Waals surface area contributed by atoms with Crippen LogP contribution < -0.4 is 21.3 Å². The molecule has 0 aromatic rings. The van der Waals surface area contributed by atoms with E-state index >= 15 is 0 Å². The molecule has 7 fully saturated rings. The predicted molar refractivity (Wildman–Crippen MR) is 262 cm³/mol. The molecule has 0 spiro atoms. The van der Waals surface area contributed by atoms with E-state index in [1.54, 1.807) is 0 Å². The van der Waals surface area contributed by atoms with Gasteiger partial charge in [0.1, 0.15) is 0 Å². The fourth-order valence-electron chi connectivity index (χ4n) is 10.7. The van der Waals surface area contributed by atoms with Crippen LogP contribution in [0.2, 0.25) is 0 Å². The van der Waals surface area contributed by atoms with Gasteiger partial charge >= 0.3 is 0 Å². The van der Waals surface area contributed by atoms with Gasteiger partial charge in [0.05, 0.1) is 0 Å². The van der Waals surface area contributed by atoms with Crippen molar-refractivity contribution in [3.63, 3.8) is 0 Å². The second kappa shape index (κ2) is 23.2. The lowest BCUT2D eigenvalue weighted by molar-refractivity contribution is 0.163. The van der Waals surface area contributed by atoms with Gasteiger partial charge < -0.3 is 21.3 Å². The van der Waals surface area contributed by atoms with Crippen LogP contribution in [0.15, 0.2) is 0 Å². The summed E-state index contributed by atoms with van der Waals surface area (Å²) in [6.07, 6.45) is 18.0. The Morgan fingerprint density at radius 2 is 0.833 bits per heavy atom. The van der Waals surface area contributed by atoms with Crippen molar-refractivity contribution in [1.82, 2.24) is 40.9 Å². The van der Waals surface area contributed by atoms with Crippen LogP contribution in [-0.4, -0.2) is 144 Å². The van der Waals surface area contributed by atoms with Crippen molar-refractivity contribution < 1.29 is 0 Å². The summed E-state index contributed by atoms with van der Waals surface area (Å²) < 4.78 is 0. The topological polar surface area (TPSA) is 61.1 Å². The summed E-state index contributed by atoms with van der Waals surface area (Å²) in [5, 5.41) is 14.7. The van der Waals surface area contributed by atoms with Crippen LogP contribution in [0.1, 0.15) is 187 Å². The molecule has 4 N–H and O–H groups in total. The van der Waals surface area contributed by atoms with Crippen molar-refractivity contribution in [2.75, 3.05) is 66.0 Å². The third kappa shape index (κ3) is 17.9. The number of hydrogen-bond acceptors (Lipinski definition) is 8. The molecule has 0 bridgehead atoms. The first-order valence-electron chi connectivity index (χ1n) is 25.9. The van der Waals surface area contributed by atoms with Crippen LogP contribution in [-0.2, 0) is 0 Å². The Kier molecular flexibility index (Phi) is 20.2. The van der Waals surface area contributed by atoms with E-state index in [2.05, 4.69) is 152 Å². The maximum Gasteiger partial charge on any atom is 0.0125 e. The standard InChI is InChI=1S/C15H30N2.C13H26N2.C12H24N2.C12H26N2/c1-12(16-14-7-5-6-8-14)13-9-10-17(11-13)15(2,3)4;1-10(14-12-5-6-12)11-7-8-15(9-11)13(2,3)4;1-12(2,3)14-7-6-10(9-14)8-13-11-4-5-11;1-6-11(13-5)10-7-8-14(9-10)12(2,3)4/h12-14,16H,5-11H2,1-4H3;10-12,14H,5-9H2,1-4H3;10-11,13H,4-9H2,1-3H3;10-11,13H,6-9H2,1-5H3. The molecule has 60 heavy (non-hydrogen) atoms. The molecule has 8 heteroatoms. The van der Waals surface area contributed by atoms with Crippen molar-refractivity contribution in [2.45, 2.75) is 246 Å². The zero-order valence-corrected chi connectivity index (χ0v) is 43.1. The second-order valence-electron chi connectivity index (χ2n) is 24.9. The average Bonchev–Trinajstić information content (AvgIpc) is 3.69. The van der Waals surface area contributed by atoms with Crippen LogP contribution in [0.4, 0.5) is 0 Å². The zero-order valence-electron chi connectivity index (χ0n) is 43.1. The SMILES string of the molecule is CC(C)(C)N1CCC(CNC2CC2)C1.CC(NC1CC1)C1CCN(C(C)(C)C)C1.CC(NC1CCCC1)C1CCN(C(C)(C)C)C1.CCC(NC)C1CCN(C(C)(C)C)C1. The minimum atomic E-state index is 0.348. The Hall–Kier alpha value is -0.320. The van der Waals surface area contributed by atoms with Crippen LogP contribution >= 0.6 is 0 Å². The van der Waals surface area contributed by atoms with Crippen molar-refractivity contribution in [3.05, 3.63) is 0 Å². The number of hydrogen-bond donors (Lipinski definition) is 4. The summed E-state index contributed by atoms with van der Waals surface area (Å²) in [7, 11) is 2.09. The monoisotopic (exact) mass is 843 g/mol. The first-order chi connectivity index (χ1) is 28.0. The average molecular weight is 843 g/mol. The Bertz CT molecular complexity index is 1180. The molecule has 4 aliphatic heterocycles. The zero-order chi connectivity index (χ0) is 44.5. The van der Waals surface area contributed by atoms with Gasteiger partial charge in [-0.3, -0.25) is 19.6 Å². The van der Waals surface area contributed by atoms with Gasteiger partial charge in [-0.1, -0.05) is 19.8 Å². The summed E-state index contributed by atoms with van der Waals surface area (Å²) in [5.74, 6) is 3.47. The quantitative estimate of drug-likeness (QED) is 0.155. The lowest BCUT2D eigenvalue weighted by atomic mass is 9.97. The maximum absolute atomic E-state index is 3.87. The van der Waals surface area contributed by atoms with Crippen LogP contribution in [0.5, 0.6) is 0 Å². The van der Waals surface area contributed by atoms with Gasteiger partial charge in [-0.2, -0.15) is 0 Å². The molecule has 3 aliphatic carbocycles. The van der Waals surface area contributed by atoms with Crippen molar-refractivity contribution in [2.24, 2.45) is 23.7 Å². The van der Waals surface area contributed by atoms with Crippen LogP contribution in [0.25, 0.3) is 0 Å². The van der Waals surface area contributed by atoms with Crippen LogP contribution in [0.3, 0.4) is 0 Å². The highest BCUT2D eigenvalue weighted by molar-refractivity contribution is 4.94. The first-order valence-corrected chi connectivity index (χ1v) is 25.9. The fourth-order valence-corrected chi connectivity index (χ4v) is 10.7. The minimum absolute atomic E-state index is 0.348. The number of nitrogens with zero attached hydrogens (tertiary/aromatic N) is 4. The molecule has 4 heterocycles. The summed E-state index contributed by atoms with van der Waals surface area (Å²) in [4.78, 5) is 10.5. The molecule has 7 unspecified atom stereocenters. The molecule has 0 amide bonds. The molecule has 354 valence electrons. The smallest absolute Gasteiger partial charge is 0.0125 e. The Morgan fingerprint density at radius 3 is 1.18 bits per heavy atom. The number of nitrogens with one attached hydrogen (secondary N) is 4. The van der Waals surface area contributed by atoms with Crippen molar-refractivity contribution in [3.8, 4) is 0 Å². The Morgan fingerprint density at radius 1 is 0.467 bits per heavy atom. The maximum atomic E-state index is 3.87. The van der Waals surface area contributed by atoms with Crippen molar-refractivity contribution in [1.29, 1.82) is 0 Å². The minimum Gasteiger partial charge on any atom is -0.317 e. The van der Waals surface area contributed by atoms with E-state index in [9.17, 15) is 0 Å². The van der Waals surface area contributed by atoms with Gasteiger partial charge in [-0.25, -0.2) is 0 Å². The molecule has 0 aromatic heterocycles. The second-order valence-corrected chi connectivity index (χ2v) is 24.9. The van der Waals surface area contributed by atoms with E-state index in [0.717, 1.165) is 41.8 Å². The highest BCUT2D eigenvalue weighted by Crippen LogP contribution is 2.31. The van der Waals surface area contributed by atoms with Gasteiger partial charge in [0.25, 0.3) is 0 Å². The molecule has 7 rings (SSSR count). The summed E-state index contributed by atoms with van der Waals surface area (Å²) in [6, 6.07) is 4.66. The molecule has 4 saturated heterocycles. The van der Waals surface area contributed by atoms with Gasteiger partial charge in [0, 0.05) is 84.6 Å². The molecular formula is C52H106N8. The van der Waals surface area contributed by atoms with E-state index in [1.165, 1.54) is 142 Å². The third-order valence-corrected chi connectivity index (χ3v) is 15.8. The molecule has 3 saturated carbocycles. The fraction of sp³-hybridized carbons (Fsp3) is 1.00. The predicted octanol–water partition coefficient (Wildman–Crippen LogP) is 9.24. The van der Waals surface area contributed by atoms with E-state index < -0.39 is 0 Å². The Balaban J connectivity index is 0.000000177. The summed E-state index contributed by atoms with van der Waals surface area (Å²) in [6.45, 7) is 46.5. The third-order valence-electron chi connectivity index (χ3n) is 15.8. The van der Waals surface area contributed by atoms with E-state index in [0.29, 0.717) is 40.3 Å². The van der Waals surface area contributed by atoms with E-state index in [4.69, 9.17) is 0 Å². The molecular weight excluding hydrogens is 737 g/mol. The summed E-state index contributed by atoms with van der Waals surface area (Å²) >= 11 is 0. The van der Waals surface area contributed by atoms with Crippen LogP contribution in [0, 0.1) is 23.7 Å². The van der Waals surface area contributed by atoms with Gasteiger partial charge in [0.15, 0.2) is 0 Å². The van der Waals surface area contributed by atoms with Gasteiger partial charge in [-0.05, 0) is 231 Å². The highest BCUT2D eigenvalue weighted by Gasteiger charge is 2.37. The molecule has 7 aliphatic rings. The summed E-state index contributed by atoms with van der Waals surface area (Å²) in [5.41, 5.74) is 1.42. The Labute approximate surface area is 375 Å². The molecule has 7 atom stereocenters. The van der Waals surface area contributed by atoms with Gasteiger partial charge in [0.2, 0.25) is 0 Å².